The fraction of sp³-hybridized carbons (Fsp3) is 0.625. The number of benzene rings is 1. The number of rotatable bonds is 7. The summed E-state index contributed by atoms with van der Waals surface area (Å²) in [6.07, 6.45) is -3.42. The molecule has 0 bridgehead atoms. The molecular formula is C16H24F3NO. The summed E-state index contributed by atoms with van der Waals surface area (Å²) >= 11 is 0. The van der Waals surface area contributed by atoms with Crippen LogP contribution in [0.2, 0.25) is 0 Å². The molecule has 1 aromatic carbocycles. The van der Waals surface area contributed by atoms with Crippen LogP contribution in [0.15, 0.2) is 24.3 Å². The standard InChI is InChI=1S/C16H24F3NO/c1-12(2)11-20-9-8-15(3,21)10-13-4-6-14(7-5-13)16(17,18)19/h4-7,12,20-21H,8-11H2,1-3H3. The summed E-state index contributed by atoms with van der Waals surface area (Å²) in [6, 6.07) is 4.97. The molecule has 2 nitrogen and oxygen atoms in total. The lowest BCUT2D eigenvalue weighted by molar-refractivity contribution is -0.137. The van der Waals surface area contributed by atoms with Gasteiger partial charge in [0, 0.05) is 6.42 Å². The maximum atomic E-state index is 12.5. The van der Waals surface area contributed by atoms with Gasteiger partial charge in [0.1, 0.15) is 0 Å². The molecule has 1 atom stereocenters. The van der Waals surface area contributed by atoms with E-state index >= 15 is 0 Å². The second kappa shape index (κ2) is 7.27. The van der Waals surface area contributed by atoms with Gasteiger partial charge in [0.05, 0.1) is 11.2 Å². The zero-order valence-electron chi connectivity index (χ0n) is 12.8. The molecule has 0 radical (unpaired) electrons. The van der Waals surface area contributed by atoms with E-state index in [0.717, 1.165) is 18.7 Å². The van der Waals surface area contributed by atoms with Crippen LogP contribution in [0, 0.1) is 5.92 Å². The third-order valence-electron chi connectivity index (χ3n) is 3.26. The molecule has 0 saturated heterocycles. The Balaban J connectivity index is 2.51. The van der Waals surface area contributed by atoms with Gasteiger partial charge < -0.3 is 10.4 Å². The molecular weight excluding hydrogens is 279 g/mol. The predicted octanol–water partition coefficient (Wildman–Crippen LogP) is 3.63. The molecule has 0 aliphatic heterocycles. The zero-order valence-corrected chi connectivity index (χ0v) is 12.8. The first-order valence-electron chi connectivity index (χ1n) is 7.19. The van der Waals surface area contributed by atoms with Crippen molar-refractivity contribution in [3.05, 3.63) is 35.4 Å². The summed E-state index contributed by atoms with van der Waals surface area (Å²) in [5, 5.41) is 13.5. The van der Waals surface area contributed by atoms with Gasteiger partial charge in [-0.25, -0.2) is 0 Å². The first-order valence-corrected chi connectivity index (χ1v) is 7.19. The van der Waals surface area contributed by atoms with E-state index in [9.17, 15) is 18.3 Å². The van der Waals surface area contributed by atoms with Crippen LogP contribution >= 0.6 is 0 Å². The van der Waals surface area contributed by atoms with Gasteiger partial charge in [0.15, 0.2) is 0 Å². The number of nitrogens with one attached hydrogen (secondary N) is 1. The largest absolute Gasteiger partial charge is 0.416 e. The fourth-order valence-corrected chi connectivity index (χ4v) is 2.09. The van der Waals surface area contributed by atoms with Crippen LogP contribution in [0.1, 0.15) is 38.3 Å². The summed E-state index contributed by atoms with van der Waals surface area (Å²) in [5.41, 5.74) is -0.884. The molecule has 2 N–H and O–H groups in total. The molecule has 0 amide bonds. The van der Waals surface area contributed by atoms with Crippen LogP contribution in [0.3, 0.4) is 0 Å². The normalized spacial score (nSPS) is 15.2. The summed E-state index contributed by atoms with van der Waals surface area (Å²) < 4.78 is 37.4. The van der Waals surface area contributed by atoms with E-state index in [1.165, 1.54) is 12.1 Å². The molecule has 0 aromatic heterocycles. The highest BCUT2D eigenvalue weighted by Gasteiger charge is 2.30. The van der Waals surface area contributed by atoms with Gasteiger partial charge in [-0.2, -0.15) is 13.2 Å². The van der Waals surface area contributed by atoms with Crippen molar-refractivity contribution in [1.29, 1.82) is 0 Å². The van der Waals surface area contributed by atoms with Gasteiger partial charge in [0.2, 0.25) is 0 Å². The molecule has 120 valence electrons. The van der Waals surface area contributed by atoms with Crippen molar-refractivity contribution in [3.8, 4) is 0 Å². The molecule has 0 aliphatic rings. The summed E-state index contributed by atoms with van der Waals surface area (Å²) in [4.78, 5) is 0. The highest BCUT2D eigenvalue weighted by atomic mass is 19.4. The Morgan fingerprint density at radius 1 is 1.14 bits per heavy atom. The SMILES string of the molecule is CC(C)CNCCC(C)(O)Cc1ccc(C(F)(F)F)cc1. The van der Waals surface area contributed by atoms with Gasteiger partial charge in [-0.15, -0.1) is 0 Å². The second-order valence-corrected chi connectivity index (χ2v) is 6.22. The maximum Gasteiger partial charge on any atom is 0.416 e. The smallest absolute Gasteiger partial charge is 0.390 e. The van der Waals surface area contributed by atoms with Crippen molar-refractivity contribution >= 4 is 0 Å². The summed E-state index contributed by atoms with van der Waals surface area (Å²) in [6.45, 7) is 7.49. The van der Waals surface area contributed by atoms with Crippen molar-refractivity contribution < 1.29 is 18.3 Å². The fourth-order valence-electron chi connectivity index (χ4n) is 2.09. The van der Waals surface area contributed by atoms with Crippen LogP contribution in [0.4, 0.5) is 13.2 Å². The summed E-state index contributed by atoms with van der Waals surface area (Å²) in [5.74, 6) is 0.546. The van der Waals surface area contributed by atoms with Crippen LogP contribution < -0.4 is 5.32 Å². The minimum atomic E-state index is -4.32. The highest BCUT2D eigenvalue weighted by Crippen LogP contribution is 2.29. The van der Waals surface area contributed by atoms with Crippen LogP contribution in [0.25, 0.3) is 0 Å². The Morgan fingerprint density at radius 2 is 1.71 bits per heavy atom. The van der Waals surface area contributed by atoms with Crippen molar-refractivity contribution in [2.45, 2.75) is 45.4 Å². The Kier molecular flexibility index (Phi) is 6.23. The molecule has 21 heavy (non-hydrogen) atoms. The van der Waals surface area contributed by atoms with E-state index in [-0.39, 0.29) is 0 Å². The summed E-state index contributed by atoms with van der Waals surface area (Å²) in [7, 11) is 0. The van der Waals surface area contributed by atoms with E-state index in [1.807, 2.05) is 0 Å². The Hall–Kier alpha value is -1.07. The third kappa shape index (κ3) is 6.96. The van der Waals surface area contributed by atoms with Crippen molar-refractivity contribution in [3.63, 3.8) is 0 Å². The minimum absolute atomic E-state index is 0.342. The first kappa shape index (κ1) is 18.0. The monoisotopic (exact) mass is 303 g/mol. The van der Waals surface area contributed by atoms with Crippen LogP contribution in [-0.2, 0) is 12.6 Å². The predicted molar refractivity (Wildman–Crippen MR) is 78.1 cm³/mol. The van der Waals surface area contributed by atoms with E-state index in [2.05, 4.69) is 19.2 Å². The van der Waals surface area contributed by atoms with E-state index < -0.39 is 17.3 Å². The van der Waals surface area contributed by atoms with Crippen LogP contribution in [0.5, 0.6) is 0 Å². The topological polar surface area (TPSA) is 32.3 Å². The molecule has 0 fully saturated rings. The molecule has 0 aliphatic carbocycles. The molecule has 0 saturated carbocycles. The molecule has 5 heteroatoms. The Morgan fingerprint density at radius 3 is 2.19 bits per heavy atom. The molecule has 0 spiro atoms. The molecule has 1 unspecified atom stereocenters. The number of hydrogen-bond acceptors (Lipinski definition) is 2. The molecule has 0 heterocycles. The Bertz CT molecular complexity index is 424. The van der Waals surface area contributed by atoms with Gasteiger partial charge in [-0.1, -0.05) is 26.0 Å². The number of alkyl halides is 3. The average Bonchev–Trinajstić information content (AvgIpc) is 2.33. The highest BCUT2D eigenvalue weighted by molar-refractivity contribution is 5.25. The minimum Gasteiger partial charge on any atom is -0.390 e. The van der Waals surface area contributed by atoms with E-state index in [4.69, 9.17) is 0 Å². The lowest BCUT2D eigenvalue weighted by Gasteiger charge is -2.24. The zero-order chi connectivity index (χ0) is 16.1. The number of halogens is 3. The lowest BCUT2D eigenvalue weighted by atomic mass is 9.92. The quantitative estimate of drug-likeness (QED) is 0.754. The third-order valence-corrected chi connectivity index (χ3v) is 3.26. The molecule has 1 aromatic rings. The number of aliphatic hydroxyl groups is 1. The van der Waals surface area contributed by atoms with Crippen molar-refractivity contribution in [1.82, 2.24) is 5.32 Å². The van der Waals surface area contributed by atoms with E-state index in [0.29, 0.717) is 30.9 Å². The van der Waals surface area contributed by atoms with Gasteiger partial charge in [-0.05, 0) is 50.0 Å². The average molecular weight is 303 g/mol. The maximum absolute atomic E-state index is 12.5. The van der Waals surface area contributed by atoms with Crippen molar-refractivity contribution in [2.24, 2.45) is 5.92 Å². The first-order chi connectivity index (χ1) is 9.60. The van der Waals surface area contributed by atoms with Crippen molar-refractivity contribution in [2.75, 3.05) is 13.1 Å². The Labute approximate surface area is 124 Å². The van der Waals surface area contributed by atoms with Gasteiger partial charge >= 0.3 is 6.18 Å². The second-order valence-electron chi connectivity index (χ2n) is 6.22. The van der Waals surface area contributed by atoms with Gasteiger partial charge in [0.25, 0.3) is 0 Å². The molecule has 1 rings (SSSR count). The van der Waals surface area contributed by atoms with Crippen LogP contribution in [-0.4, -0.2) is 23.8 Å². The van der Waals surface area contributed by atoms with Gasteiger partial charge in [-0.3, -0.25) is 0 Å². The number of hydrogen-bond donors (Lipinski definition) is 2. The lowest BCUT2D eigenvalue weighted by Crippen LogP contribution is -2.33. The van der Waals surface area contributed by atoms with E-state index in [1.54, 1.807) is 6.92 Å².